The number of esters is 1. The minimum atomic E-state index is -4.74. The largest absolute Gasteiger partial charge is 0.456 e. The van der Waals surface area contributed by atoms with Gasteiger partial charge in [-0.25, -0.2) is 4.79 Å². The third-order valence-electron chi connectivity index (χ3n) is 2.04. The lowest BCUT2D eigenvalue weighted by molar-refractivity contribution is -0.385. The van der Waals surface area contributed by atoms with Gasteiger partial charge in [0, 0.05) is 23.6 Å². The summed E-state index contributed by atoms with van der Waals surface area (Å²) in [6, 6.07) is 1.87. The van der Waals surface area contributed by atoms with Gasteiger partial charge in [0.2, 0.25) is 0 Å². The van der Waals surface area contributed by atoms with Crippen molar-refractivity contribution in [1.82, 2.24) is 0 Å². The van der Waals surface area contributed by atoms with Gasteiger partial charge in [-0.3, -0.25) is 10.1 Å². The smallest absolute Gasteiger partial charge is 0.416 e. The molecule has 0 aromatic heterocycles. The van der Waals surface area contributed by atoms with E-state index in [-0.39, 0.29) is 12.2 Å². The number of nitrogens with zero attached hydrogens (tertiary/aromatic N) is 1. The topological polar surface area (TPSA) is 69.4 Å². The van der Waals surface area contributed by atoms with E-state index in [1.165, 1.54) is 6.92 Å². The zero-order valence-corrected chi connectivity index (χ0v) is 10.2. The molecule has 106 valence electrons. The summed E-state index contributed by atoms with van der Waals surface area (Å²) in [7, 11) is 0. The number of nitro benzene ring substituents is 1. The number of carbonyl (C=O) groups is 1. The van der Waals surface area contributed by atoms with Gasteiger partial charge in [-0.2, -0.15) is 13.2 Å². The summed E-state index contributed by atoms with van der Waals surface area (Å²) in [5.74, 6) is 3.13. The van der Waals surface area contributed by atoms with Gasteiger partial charge in [0.25, 0.3) is 5.69 Å². The highest BCUT2D eigenvalue weighted by atomic mass is 19.4. The van der Waals surface area contributed by atoms with Crippen LogP contribution in [0.25, 0.3) is 0 Å². The number of carbonyl (C=O) groups excluding carboxylic acids is 1. The van der Waals surface area contributed by atoms with E-state index < -0.39 is 28.3 Å². The summed E-state index contributed by atoms with van der Waals surface area (Å²) in [4.78, 5) is 20.6. The molecule has 0 atom stereocenters. The highest BCUT2D eigenvalue weighted by Gasteiger charge is 2.32. The molecule has 0 fully saturated rings. The average Bonchev–Trinajstić information content (AvgIpc) is 2.35. The molecule has 0 aliphatic rings. The van der Waals surface area contributed by atoms with Crippen LogP contribution in [0.2, 0.25) is 0 Å². The van der Waals surface area contributed by atoms with E-state index in [1.807, 2.05) is 5.92 Å². The summed E-state index contributed by atoms with van der Waals surface area (Å²) < 4.78 is 42.2. The summed E-state index contributed by atoms with van der Waals surface area (Å²) in [6.07, 6.45) is -4.74. The van der Waals surface area contributed by atoms with E-state index in [0.717, 1.165) is 6.07 Å². The molecule has 20 heavy (non-hydrogen) atoms. The lowest BCUT2D eigenvalue weighted by Crippen LogP contribution is -2.06. The van der Waals surface area contributed by atoms with E-state index in [2.05, 4.69) is 10.7 Å². The molecule has 0 radical (unpaired) electrons. The van der Waals surface area contributed by atoms with E-state index in [0.29, 0.717) is 12.1 Å². The van der Waals surface area contributed by atoms with Gasteiger partial charge in [0.05, 0.1) is 17.1 Å². The molecule has 0 amide bonds. The number of ether oxygens (including phenoxy) is 1. The first-order chi connectivity index (χ1) is 9.24. The molecule has 1 aromatic carbocycles. The number of alkyl halides is 3. The lowest BCUT2D eigenvalue weighted by atomic mass is 10.1. The third-order valence-corrected chi connectivity index (χ3v) is 2.04. The van der Waals surface area contributed by atoms with E-state index in [4.69, 9.17) is 0 Å². The van der Waals surface area contributed by atoms with E-state index in [9.17, 15) is 28.1 Å². The van der Waals surface area contributed by atoms with Crippen LogP contribution in [0.4, 0.5) is 18.9 Å². The predicted molar refractivity (Wildman–Crippen MR) is 61.6 cm³/mol. The minimum absolute atomic E-state index is 0.0657. The van der Waals surface area contributed by atoms with Crippen molar-refractivity contribution in [2.75, 3.05) is 6.61 Å². The summed E-state index contributed by atoms with van der Waals surface area (Å²) in [5, 5.41) is 10.6. The van der Waals surface area contributed by atoms with Gasteiger partial charge in [-0.1, -0.05) is 5.92 Å². The third kappa shape index (κ3) is 4.28. The molecule has 0 N–H and O–H groups in total. The molecule has 0 saturated carbocycles. The average molecular weight is 287 g/mol. The maximum atomic E-state index is 12.6. The van der Waals surface area contributed by atoms with Crippen molar-refractivity contribution in [2.24, 2.45) is 0 Å². The summed E-state index contributed by atoms with van der Waals surface area (Å²) in [6.45, 7) is 1.60. The Morgan fingerprint density at radius 2 is 2.05 bits per heavy atom. The van der Waals surface area contributed by atoms with Crippen LogP contribution >= 0.6 is 0 Å². The molecule has 0 bridgehead atoms. The van der Waals surface area contributed by atoms with Crippen molar-refractivity contribution in [3.05, 3.63) is 39.4 Å². The van der Waals surface area contributed by atoms with Gasteiger partial charge in [0.15, 0.2) is 0 Å². The predicted octanol–water partition coefficient (Wildman–Crippen LogP) is 2.53. The quantitative estimate of drug-likeness (QED) is 0.363. The Bertz CT molecular complexity index is 599. The number of non-ortho nitro benzene ring substituents is 1. The second-order valence-electron chi connectivity index (χ2n) is 3.49. The Labute approximate surface area is 111 Å². The molecule has 5 nitrogen and oxygen atoms in total. The Morgan fingerprint density at radius 3 is 2.55 bits per heavy atom. The minimum Gasteiger partial charge on any atom is -0.456 e. The maximum absolute atomic E-state index is 12.6. The van der Waals surface area contributed by atoms with Crippen molar-refractivity contribution < 1.29 is 27.6 Å². The molecular formula is C12H8F3NO4. The normalized spacial score (nSPS) is 10.4. The van der Waals surface area contributed by atoms with Crippen molar-refractivity contribution in [3.8, 4) is 11.8 Å². The van der Waals surface area contributed by atoms with Gasteiger partial charge >= 0.3 is 12.1 Å². The highest BCUT2D eigenvalue weighted by molar-refractivity contribution is 5.89. The van der Waals surface area contributed by atoms with Crippen LogP contribution in [-0.4, -0.2) is 17.5 Å². The zero-order chi connectivity index (χ0) is 15.3. The fraction of sp³-hybridized carbons (Fsp3) is 0.250. The van der Waals surface area contributed by atoms with Crippen molar-refractivity contribution in [1.29, 1.82) is 0 Å². The van der Waals surface area contributed by atoms with Crippen LogP contribution in [0.3, 0.4) is 0 Å². The standard InChI is InChI=1S/C12H8F3NO4/c1-2-20-11(17)4-3-8-5-9(12(13,14)15)7-10(6-8)16(18)19/h5-7H,2H2,1H3. The second kappa shape index (κ2) is 6.06. The van der Waals surface area contributed by atoms with Gasteiger partial charge in [0.1, 0.15) is 0 Å². The maximum Gasteiger partial charge on any atom is 0.416 e. The number of rotatable bonds is 2. The van der Waals surface area contributed by atoms with Crippen molar-refractivity contribution in [3.63, 3.8) is 0 Å². The Balaban J connectivity index is 3.23. The van der Waals surface area contributed by atoms with Gasteiger partial charge in [-0.15, -0.1) is 0 Å². The molecule has 0 unspecified atom stereocenters. The first-order valence-corrected chi connectivity index (χ1v) is 5.29. The molecule has 0 spiro atoms. The van der Waals surface area contributed by atoms with Gasteiger partial charge < -0.3 is 4.74 Å². The van der Waals surface area contributed by atoms with E-state index in [1.54, 1.807) is 0 Å². The van der Waals surface area contributed by atoms with Gasteiger partial charge in [-0.05, 0) is 13.0 Å². The van der Waals surface area contributed by atoms with E-state index >= 15 is 0 Å². The number of hydrogen-bond acceptors (Lipinski definition) is 4. The van der Waals surface area contributed by atoms with Crippen LogP contribution in [-0.2, 0) is 15.7 Å². The van der Waals surface area contributed by atoms with Crippen LogP contribution in [0, 0.1) is 22.0 Å². The van der Waals surface area contributed by atoms with Crippen LogP contribution in [0.5, 0.6) is 0 Å². The number of nitro groups is 1. The van der Waals surface area contributed by atoms with Crippen molar-refractivity contribution >= 4 is 11.7 Å². The van der Waals surface area contributed by atoms with Crippen LogP contribution in [0.1, 0.15) is 18.1 Å². The first-order valence-electron chi connectivity index (χ1n) is 5.29. The number of hydrogen-bond donors (Lipinski definition) is 0. The van der Waals surface area contributed by atoms with Crippen LogP contribution in [0.15, 0.2) is 18.2 Å². The molecule has 0 aliphatic carbocycles. The van der Waals surface area contributed by atoms with Crippen molar-refractivity contribution in [2.45, 2.75) is 13.1 Å². The zero-order valence-electron chi connectivity index (χ0n) is 10.2. The SMILES string of the molecule is CCOC(=O)C#Cc1cc([N+](=O)[O-])cc(C(F)(F)F)c1. The Kier molecular flexibility index (Phi) is 4.69. The molecule has 0 aliphatic heterocycles. The molecule has 0 heterocycles. The van der Waals surface area contributed by atoms with Crippen LogP contribution < -0.4 is 0 Å². The highest BCUT2D eigenvalue weighted by Crippen LogP contribution is 2.32. The fourth-order valence-corrected chi connectivity index (χ4v) is 1.24. The molecular weight excluding hydrogens is 279 g/mol. The molecule has 8 heteroatoms. The Hall–Kier alpha value is -2.56. The number of benzene rings is 1. The fourth-order valence-electron chi connectivity index (χ4n) is 1.24. The number of halogens is 3. The molecule has 0 saturated heterocycles. The first kappa shape index (κ1) is 15.5. The lowest BCUT2D eigenvalue weighted by Gasteiger charge is -2.06. The molecule has 1 aromatic rings. The summed E-state index contributed by atoms with van der Waals surface area (Å²) >= 11 is 0. The monoisotopic (exact) mass is 287 g/mol. The molecule has 1 rings (SSSR count). The summed E-state index contributed by atoms with van der Waals surface area (Å²) in [5.41, 5.74) is -2.26. The second-order valence-corrected chi connectivity index (χ2v) is 3.49. The Morgan fingerprint density at radius 1 is 1.40 bits per heavy atom.